The van der Waals surface area contributed by atoms with Gasteiger partial charge in [-0.25, -0.2) is 0 Å². The molecule has 0 unspecified atom stereocenters. The predicted molar refractivity (Wildman–Crippen MR) is 58.8 cm³/mol. The monoisotopic (exact) mass is 210 g/mol. The van der Waals surface area contributed by atoms with Crippen molar-refractivity contribution < 1.29 is 15.3 Å². The summed E-state index contributed by atoms with van der Waals surface area (Å²) in [6.07, 6.45) is -0.00600. The lowest BCUT2D eigenvalue weighted by Crippen LogP contribution is -2.11. The van der Waals surface area contributed by atoms with Crippen molar-refractivity contribution in [2.24, 2.45) is 5.41 Å². The van der Waals surface area contributed by atoms with E-state index in [9.17, 15) is 10.2 Å². The fraction of sp³-hybridized carbons (Fsp3) is 0.500. The minimum absolute atomic E-state index is 0.0208. The van der Waals surface area contributed by atoms with Crippen LogP contribution in [0.1, 0.15) is 38.9 Å². The number of benzene rings is 1. The van der Waals surface area contributed by atoms with E-state index in [2.05, 4.69) is 0 Å². The van der Waals surface area contributed by atoms with Gasteiger partial charge in [0.1, 0.15) is 0 Å². The summed E-state index contributed by atoms with van der Waals surface area (Å²) < 4.78 is 0. The van der Waals surface area contributed by atoms with E-state index >= 15 is 0 Å². The van der Waals surface area contributed by atoms with Crippen molar-refractivity contribution in [2.45, 2.75) is 33.3 Å². The molecule has 0 bridgehead atoms. The van der Waals surface area contributed by atoms with E-state index in [-0.39, 0.29) is 16.9 Å². The van der Waals surface area contributed by atoms with Crippen LogP contribution in [0.3, 0.4) is 0 Å². The van der Waals surface area contributed by atoms with Crippen LogP contribution < -0.4 is 0 Å². The molecule has 0 saturated heterocycles. The Morgan fingerprint density at radius 2 is 1.73 bits per heavy atom. The van der Waals surface area contributed by atoms with Gasteiger partial charge < -0.3 is 15.3 Å². The lowest BCUT2D eigenvalue weighted by Gasteiger charge is -2.22. The summed E-state index contributed by atoms with van der Waals surface area (Å²) in [7, 11) is 0. The van der Waals surface area contributed by atoms with Crippen molar-refractivity contribution in [1.29, 1.82) is 0 Å². The molecule has 1 rings (SSSR count). The molecule has 0 radical (unpaired) electrons. The first kappa shape index (κ1) is 11.9. The maximum Gasteiger partial charge on any atom is 0.157 e. The molecule has 0 aromatic heterocycles. The molecule has 0 heterocycles. The molecule has 0 spiro atoms. The molecule has 0 saturated carbocycles. The largest absolute Gasteiger partial charge is 0.504 e. The van der Waals surface area contributed by atoms with Gasteiger partial charge in [0.15, 0.2) is 11.5 Å². The van der Waals surface area contributed by atoms with Crippen LogP contribution in [0.5, 0.6) is 11.5 Å². The molecule has 1 aromatic rings. The van der Waals surface area contributed by atoms with Crippen molar-refractivity contribution in [3.8, 4) is 11.5 Å². The Balaban J connectivity index is 2.83. The minimum atomic E-state index is -0.614. The fourth-order valence-corrected chi connectivity index (χ4v) is 1.45. The molecule has 84 valence electrons. The average molecular weight is 210 g/mol. The summed E-state index contributed by atoms with van der Waals surface area (Å²) in [5.74, 6) is -0.359. The van der Waals surface area contributed by atoms with Crippen molar-refractivity contribution in [3.05, 3.63) is 23.8 Å². The average Bonchev–Trinajstić information content (AvgIpc) is 2.06. The lowest BCUT2D eigenvalue weighted by atomic mass is 9.87. The summed E-state index contributed by atoms with van der Waals surface area (Å²) in [5, 5.41) is 28.3. The van der Waals surface area contributed by atoms with Gasteiger partial charge in [-0.05, 0) is 29.5 Å². The molecule has 1 aromatic carbocycles. The van der Waals surface area contributed by atoms with Crippen LogP contribution in [0.4, 0.5) is 0 Å². The Morgan fingerprint density at radius 1 is 1.13 bits per heavy atom. The van der Waals surface area contributed by atoms with E-state index in [1.165, 1.54) is 12.1 Å². The molecule has 0 fully saturated rings. The number of aromatic hydroxyl groups is 2. The molecule has 0 aliphatic carbocycles. The standard InChI is InChI=1S/C12H18O3/c1-12(2,3)7-11(15)8-4-5-9(13)10(14)6-8/h4-6,11,13-15H,7H2,1-3H3/t11-/m1/s1. The van der Waals surface area contributed by atoms with Crippen molar-refractivity contribution in [3.63, 3.8) is 0 Å². The number of hydrogen-bond donors (Lipinski definition) is 3. The lowest BCUT2D eigenvalue weighted by molar-refractivity contribution is 0.122. The quantitative estimate of drug-likeness (QED) is 0.657. The zero-order valence-corrected chi connectivity index (χ0v) is 9.36. The number of aliphatic hydroxyl groups excluding tert-OH is 1. The Bertz CT molecular complexity index is 339. The highest BCUT2D eigenvalue weighted by Crippen LogP contribution is 2.33. The highest BCUT2D eigenvalue weighted by molar-refractivity contribution is 5.41. The molecular formula is C12H18O3. The molecular weight excluding hydrogens is 192 g/mol. The zero-order chi connectivity index (χ0) is 11.6. The van der Waals surface area contributed by atoms with Crippen LogP contribution in [0.25, 0.3) is 0 Å². The number of hydrogen-bond acceptors (Lipinski definition) is 3. The topological polar surface area (TPSA) is 60.7 Å². The Morgan fingerprint density at radius 3 is 2.20 bits per heavy atom. The van der Waals surface area contributed by atoms with Crippen LogP contribution in [-0.4, -0.2) is 15.3 Å². The number of aliphatic hydroxyl groups is 1. The predicted octanol–water partition coefficient (Wildman–Crippen LogP) is 2.57. The second-order valence-electron chi connectivity index (χ2n) is 5.03. The minimum Gasteiger partial charge on any atom is -0.504 e. The van der Waals surface area contributed by atoms with Gasteiger partial charge in [0.05, 0.1) is 6.10 Å². The summed E-state index contributed by atoms with van der Waals surface area (Å²) in [6, 6.07) is 4.40. The Kier molecular flexibility index (Phi) is 3.25. The highest BCUT2D eigenvalue weighted by Gasteiger charge is 2.18. The molecule has 0 aliphatic heterocycles. The third-order valence-electron chi connectivity index (χ3n) is 2.19. The molecule has 0 amide bonds. The second-order valence-corrected chi connectivity index (χ2v) is 5.03. The van der Waals surface area contributed by atoms with E-state index in [4.69, 9.17) is 5.11 Å². The molecule has 0 aliphatic rings. The smallest absolute Gasteiger partial charge is 0.157 e. The first-order valence-electron chi connectivity index (χ1n) is 4.99. The molecule has 3 N–H and O–H groups in total. The van der Waals surface area contributed by atoms with E-state index in [0.29, 0.717) is 12.0 Å². The normalized spacial score (nSPS) is 13.9. The van der Waals surface area contributed by atoms with Gasteiger partial charge in [0, 0.05) is 0 Å². The van der Waals surface area contributed by atoms with Crippen LogP contribution in [0.2, 0.25) is 0 Å². The van der Waals surface area contributed by atoms with Gasteiger partial charge in [0.25, 0.3) is 0 Å². The maximum atomic E-state index is 9.88. The van der Waals surface area contributed by atoms with Gasteiger partial charge in [-0.3, -0.25) is 0 Å². The van der Waals surface area contributed by atoms with E-state index in [1.807, 2.05) is 20.8 Å². The van der Waals surface area contributed by atoms with Gasteiger partial charge in [0.2, 0.25) is 0 Å². The van der Waals surface area contributed by atoms with E-state index in [1.54, 1.807) is 6.07 Å². The van der Waals surface area contributed by atoms with Crippen molar-refractivity contribution in [2.75, 3.05) is 0 Å². The van der Waals surface area contributed by atoms with Crippen LogP contribution >= 0.6 is 0 Å². The maximum absolute atomic E-state index is 9.88. The number of rotatable bonds is 2. The van der Waals surface area contributed by atoms with Crippen LogP contribution in [0, 0.1) is 5.41 Å². The van der Waals surface area contributed by atoms with Crippen molar-refractivity contribution >= 4 is 0 Å². The molecule has 3 nitrogen and oxygen atoms in total. The molecule has 1 atom stereocenters. The summed E-state index contributed by atoms with van der Waals surface area (Å²) >= 11 is 0. The van der Waals surface area contributed by atoms with Gasteiger partial charge in [-0.15, -0.1) is 0 Å². The molecule has 15 heavy (non-hydrogen) atoms. The Labute approximate surface area is 90.0 Å². The summed E-state index contributed by atoms with van der Waals surface area (Å²) in [5.41, 5.74) is 0.646. The zero-order valence-electron chi connectivity index (χ0n) is 9.36. The third-order valence-corrected chi connectivity index (χ3v) is 2.19. The first-order valence-corrected chi connectivity index (χ1v) is 4.99. The second kappa shape index (κ2) is 4.11. The van der Waals surface area contributed by atoms with Crippen LogP contribution in [0.15, 0.2) is 18.2 Å². The van der Waals surface area contributed by atoms with Gasteiger partial charge in [-0.1, -0.05) is 26.8 Å². The molecule has 3 heteroatoms. The Hall–Kier alpha value is -1.22. The fourth-order valence-electron chi connectivity index (χ4n) is 1.45. The SMILES string of the molecule is CC(C)(C)C[C@@H](O)c1ccc(O)c(O)c1. The van der Waals surface area contributed by atoms with Crippen molar-refractivity contribution in [1.82, 2.24) is 0 Å². The van der Waals surface area contributed by atoms with E-state index in [0.717, 1.165) is 0 Å². The van der Waals surface area contributed by atoms with Gasteiger partial charge in [-0.2, -0.15) is 0 Å². The van der Waals surface area contributed by atoms with Crippen LogP contribution in [-0.2, 0) is 0 Å². The number of phenolic OH excluding ortho intramolecular Hbond substituents is 2. The van der Waals surface area contributed by atoms with Gasteiger partial charge >= 0.3 is 0 Å². The first-order chi connectivity index (χ1) is 6.79. The van der Waals surface area contributed by atoms with E-state index < -0.39 is 6.10 Å². The third kappa shape index (κ3) is 3.44. The summed E-state index contributed by atoms with van der Waals surface area (Å²) in [6.45, 7) is 6.11. The highest BCUT2D eigenvalue weighted by atomic mass is 16.3. The summed E-state index contributed by atoms with van der Waals surface area (Å²) in [4.78, 5) is 0. The number of phenols is 2.